The van der Waals surface area contributed by atoms with Gasteiger partial charge in [0, 0.05) is 13.5 Å². The number of imidazole rings is 1. The molecule has 2 aromatic carbocycles. The molecule has 29 heavy (non-hydrogen) atoms. The molecule has 4 rings (SSSR count). The summed E-state index contributed by atoms with van der Waals surface area (Å²) in [4.78, 5) is 19.8. The second-order valence-electron chi connectivity index (χ2n) is 7.52. The van der Waals surface area contributed by atoms with Crippen LogP contribution in [0.25, 0.3) is 11.3 Å². The van der Waals surface area contributed by atoms with Crippen LogP contribution in [0.5, 0.6) is 0 Å². The maximum atomic E-state index is 13.5. The molecular weight excluding hydrogens is 366 g/mol. The lowest BCUT2D eigenvalue weighted by Gasteiger charge is -2.27. The van der Waals surface area contributed by atoms with Crippen molar-refractivity contribution in [3.63, 3.8) is 0 Å². The van der Waals surface area contributed by atoms with Crippen molar-refractivity contribution in [2.24, 2.45) is 0 Å². The molecule has 0 spiro atoms. The van der Waals surface area contributed by atoms with Crippen LogP contribution in [0.1, 0.15) is 18.1 Å². The maximum Gasteiger partial charge on any atom is 0.255 e. The zero-order valence-corrected chi connectivity index (χ0v) is 16.7. The third kappa shape index (κ3) is 3.34. The van der Waals surface area contributed by atoms with Crippen molar-refractivity contribution >= 4 is 11.9 Å². The fraction of sp³-hybridized carbons (Fsp3) is 0.304. The summed E-state index contributed by atoms with van der Waals surface area (Å²) in [5.41, 5.74) is 3.00. The van der Waals surface area contributed by atoms with Crippen LogP contribution in [0.15, 0.2) is 60.8 Å². The van der Waals surface area contributed by atoms with Gasteiger partial charge in [-0.15, -0.1) is 0 Å². The number of ether oxygens (including phenoxy) is 1. The number of anilines is 1. The van der Waals surface area contributed by atoms with Crippen molar-refractivity contribution in [1.29, 1.82) is 0 Å². The molecule has 0 radical (unpaired) electrons. The Morgan fingerprint density at radius 1 is 1.07 bits per heavy atom. The quantitative estimate of drug-likeness (QED) is 0.672. The van der Waals surface area contributed by atoms with Crippen LogP contribution in [-0.2, 0) is 28.1 Å². The number of benzene rings is 2. The first-order valence-electron chi connectivity index (χ1n) is 9.71. The molecule has 1 aromatic heterocycles. The predicted octanol–water partition coefficient (Wildman–Crippen LogP) is 2.99. The molecule has 2 heterocycles. The topological polar surface area (TPSA) is 67.6 Å². The zero-order valence-electron chi connectivity index (χ0n) is 16.7. The van der Waals surface area contributed by atoms with Crippen molar-refractivity contribution < 1.29 is 14.6 Å². The molecule has 0 fully saturated rings. The Morgan fingerprint density at radius 2 is 1.79 bits per heavy atom. The van der Waals surface area contributed by atoms with E-state index in [-0.39, 0.29) is 12.5 Å². The van der Waals surface area contributed by atoms with Gasteiger partial charge in [0.05, 0.1) is 31.6 Å². The van der Waals surface area contributed by atoms with E-state index >= 15 is 0 Å². The molecule has 0 aliphatic carbocycles. The highest BCUT2D eigenvalue weighted by Gasteiger charge is 2.49. The molecule has 1 N–H and O–H groups in total. The van der Waals surface area contributed by atoms with Crippen LogP contribution in [0.3, 0.4) is 0 Å². The van der Waals surface area contributed by atoms with E-state index in [1.165, 1.54) is 0 Å². The number of nitrogens with zero attached hydrogens (tertiary/aromatic N) is 3. The molecule has 6 nitrogen and oxygen atoms in total. The molecule has 0 bridgehead atoms. The smallest absolute Gasteiger partial charge is 0.255 e. The molecule has 3 aromatic rings. The normalized spacial score (nSPS) is 18.3. The molecular formula is C23H25N3O3. The molecule has 6 heteroatoms. The summed E-state index contributed by atoms with van der Waals surface area (Å²) >= 11 is 0. The van der Waals surface area contributed by atoms with Gasteiger partial charge in [-0.1, -0.05) is 54.6 Å². The van der Waals surface area contributed by atoms with E-state index < -0.39 is 5.54 Å². The number of aliphatic hydroxyl groups excluding tert-OH is 1. The van der Waals surface area contributed by atoms with E-state index in [0.717, 1.165) is 22.4 Å². The Bertz CT molecular complexity index is 998. The minimum atomic E-state index is -0.786. The highest BCUT2D eigenvalue weighted by Crippen LogP contribution is 2.41. The molecule has 150 valence electrons. The Morgan fingerprint density at radius 3 is 2.45 bits per heavy atom. The summed E-state index contributed by atoms with van der Waals surface area (Å²) < 4.78 is 7.26. The SMILES string of the molecule is COCCN1C(=O)C(C)(Cc2ccccc2)n2c(-c3ccc(CO)cc3)cnc21. The van der Waals surface area contributed by atoms with Crippen LogP contribution >= 0.6 is 0 Å². The third-order valence-corrected chi connectivity index (χ3v) is 5.53. The van der Waals surface area contributed by atoms with Crippen molar-refractivity contribution in [2.75, 3.05) is 25.2 Å². The number of fused-ring (bicyclic) bond motifs is 1. The Kier molecular flexibility index (Phi) is 5.22. The number of carbonyl (C=O) groups excluding carboxylic acids is 1. The van der Waals surface area contributed by atoms with Crippen molar-refractivity contribution in [2.45, 2.75) is 25.5 Å². The van der Waals surface area contributed by atoms with Gasteiger partial charge in [-0.3, -0.25) is 14.3 Å². The van der Waals surface area contributed by atoms with Crippen LogP contribution < -0.4 is 4.90 Å². The molecule has 1 atom stereocenters. The number of amides is 1. The first kappa shape index (κ1) is 19.4. The van der Waals surface area contributed by atoms with Gasteiger partial charge in [-0.05, 0) is 23.6 Å². The highest BCUT2D eigenvalue weighted by atomic mass is 16.5. The first-order valence-corrected chi connectivity index (χ1v) is 9.71. The van der Waals surface area contributed by atoms with Gasteiger partial charge in [0.25, 0.3) is 5.91 Å². The highest BCUT2D eigenvalue weighted by molar-refractivity contribution is 6.02. The van der Waals surface area contributed by atoms with Crippen LogP contribution in [0.4, 0.5) is 5.95 Å². The molecule has 1 amide bonds. The summed E-state index contributed by atoms with van der Waals surface area (Å²) in [7, 11) is 1.63. The van der Waals surface area contributed by atoms with Gasteiger partial charge in [-0.25, -0.2) is 4.98 Å². The van der Waals surface area contributed by atoms with Crippen LogP contribution in [0, 0.1) is 0 Å². The van der Waals surface area contributed by atoms with E-state index in [1.807, 2.05) is 72.3 Å². The van der Waals surface area contributed by atoms with Gasteiger partial charge in [0.15, 0.2) is 0 Å². The summed E-state index contributed by atoms with van der Waals surface area (Å²) in [6, 6.07) is 17.7. The fourth-order valence-electron chi connectivity index (χ4n) is 4.01. The summed E-state index contributed by atoms with van der Waals surface area (Å²) in [5, 5.41) is 9.33. The standard InChI is InChI=1S/C23H25N3O3/c1-23(14-17-6-4-3-5-7-17)21(28)25(12-13-29-2)22-24-15-20(26(22)23)19-10-8-18(16-27)9-11-19/h3-11,15,27H,12-14,16H2,1-2H3. The van der Waals surface area contributed by atoms with Gasteiger partial charge in [0.1, 0.15) is 5.54 Å². The number of rotatable bonds is 7. The lowest BCUT2D eigenvalue weighted by Crippen LogP contribution is -2.43. The molecule has 1 aliphatic heterocycles. The lowest BCUT2D eigenvalue weighted by molar-refractivity contribution is -0.124. The molecule has 1 unspecified atom stereocenters. The average molecular weight is 391 g/mol. The van der Waals surface area contributed by atoms with Crippen molar-refractivity contribution in [1.82, 2.24) is 9.55 Å². The zero-order chi connectivity index (χ0) is 20.4. The number of hydrogen-bond acceptors (Lipinski definition) is 4. The van der Waals surface area contributed by atoms with Crippen LogP contribution in [-0.4, -0.2) is 40.8 Å². The summed E-state index contributed by atoms with van der Waals surface area (Å²) in [6.07, 6.45) is 2.39. The number of methoxy groups -OCH3 is 1. The third-order valence-electron chi connectivity index (χ3n) is 5.53. The monoisotopic (exact) mass is 391 g/mol. The number of aliphatic hydroxyl groups is 1. The van der Waals surface area contributed by atoms with Gasteiger partial charge >= 0.3 is 0 Å². The van der Waals surface area contributed by atoms with Gasteiger partial charge < -0.3 is 9.84 Å². The lowest BCUT2D eigenvalue weighted by atomic mass is 9.91. The maximum absolute atomic E-state index is 13.5. The van der Waals surface area contributed by atoms with Gasteiger partial charge in [0.2, 0.25) is 5.95 Å². The summed E-state index contributed by atoms with van der Waals surface area (Å²) in [6.45, 7) is 2.88. The average Bonchev–Trinajstić information content (AvgIpc) is 3.27. The number of aromatic nitrogens is 2. The van der Waals surface area contributed by atoms with E-state index in [0.29, 0.717) is 25.5 Å². The number of hydrogen-bond donors (Lipinski definition) is 1. The Hall–Kier alpha value is -2.96. The van der Waals surface area contributed by atoms with E-state index in [4.69, 9.17) is 4.74 Å². The second-order valence-corrected chi connectivity index (χ2v) is 7.52. The van der Waals surface area contributed by atoms with E-state index in [9.17, 15) is 9.90 Å². The predicted molar refractivity (Wildman–Crippen MR) is 112 cm³/mol. The minimum absolute atomic E-state index is 0.000203. The molecule has 1 aliphatic rings. The van der Waals surface area contributed by atoms with Crippen molar-refractivity contribution in [3.8, 4) is 11.3 Å². The molecule has 0 saturated carbocycles. The summed E-state index contributed by atoms with van der Waals surface area (Å²) in [5.74, 6) is 0.668. The van der Waals surface area contributed by atoms with E-state index in [1.54, 1.807) is 12.0 Å². The van der Waals surface area contributed by atoms with E-state index in [2.05, 4.69) is 4.98 Å². The van der Waals surface area contributed by atoms with Gasteiger partial charge in [-0.2, -0.15) is 0 Å². The number of carbonyl (C=O) groups is 1. The van der Waals surface area contributed by atoms with Crippen molar-refractivity contribution in [3.05, 3.63) is 71.9 Å². The minimum Gasteiger partial charge on any atom is -0.392 e. The first-order chi connectivity index (χ1) is 14.1. The van der Waals surface area contributed by atoms with Crippen LogP contribution in [0.2, 0.25) is 0 Å². The fourth-order valence-corrected chi connectivity index (χ4v) is 4.01. The Labute approximate surface area is 170 Å². The molecule has 0 saturated heterocycles. The largest absolute Gasteiger partial charge is 0.392 e. The Balaban J connectivity index is 1.81. The second kappa shape index (κ2) is 7.81.